The van der Waals surface area contributed by atoms with Crippen LogP contribution in [-0.2, 0) is 11.1 Å². The topological polar surface area (TPSA) is 37.3 Å². The second-order valence-corrected chi connectivity index (χ2v) is 2.61. The largest absolute Gasteiger partial charge is 0.306 e. The zero-order valence-electron chi connectivity index (χ0n) is 4.93. The van der Waals surface area contributed by atoms with E-state index in [2.05, 4.69) is 0 Å². The van der Waals surface area contributed by atoms with E-state index in [-0.39, 0.29) is 6.42 Å². The van der Waals surface area contributed by atoms with Crippen molar-refractivity contribution in [2.75, 3.05) is 5.75 Å². The van der Waals surface area contributed by atoms with Crippen molar-refractivity contribution in [2.45, 2.75) is 19.3 Å². The molecule has 0 fully saturated rings. The van der Waals surface area contributed by atoms with E-state index in [1.54, 1.807) is 0 Å². The van der Waals surface area contributed by atoms with Crippen LogP contribution < -0.4 is 0 Å². The summed E-state index contributed by atoms with van der Waals surface area (Å²) >= 11 is -2.38. The molecule has 0 aliphatic carbocycles. The van der Waals surface area contributed by atoms with Crippen LogP contribution in [0.4, 0.5) is 8.78 Å². The summed E-state index contributed by atoms with van der Waals surface area (Å²) in [4.78, 5) is 0. The van der Waals surface area contributed by atoms with E-state index in [4.69, 9.17) is 4.55 Å². The summed E-state index contributed by atoms with van der Waals surface area (Å²) in [5.41, 5.74) is 0. The molecule has 0 radical (unpaired) electrons. The third kappa shape index (κ3) is 4.47. The highest BCUT2D eigenvalue weighted by Gasteiger charge is 2.28. The average Bonchev–Trinajstić information content (AvgIpc) is 1.63. The van der Waals surface area contributed by atoms with E-state index in [9.17, 15) is 13.0 Å². The van der Waals surface area contributed by atoms with Gasteiger partial charge in [0, 0.05) is 6.42 Å². The number of hydrogen-bond donors (Lipinski definition) is 1. The minimum Gasteiger partial charge on any atom is -0.306 e. The maximum absolute atomic E-state index is 12.1. The van der Waals surface area contributed by atoms with Crippen molar-refractivity contribution in [3.05, 3.63) is 0 Å². The Bertz CT molecular complexity index is 115. The standard InChI is InChI=1S/C4H8F2O2S/c1-2-4(5,6)3-9(7)8/h2-3H2,1H3,(H,7,8). The van der Waals surface area contributed by atoms with Crippen molar-refractivity contribution in [2.24, 2.45) is 0 Å². The lowest BCUT2D eigenvalue weighted by atomic mass is 10.3. The Balaban J connectivity index is 3.71. The highest BCUT2D eigenvalue weighted by atomic mass is 32.2. The molecule has 0 bridgehead atoms. The lowest BCUT2D eigenvalue weighted by Crippen LogP contribution is -2.22. The first-order valence-electron chi connectivity index (χ1n) is 2.43. The molecule has 1 atom stereocenters. The second-order valence-electron chi connectivity index (χ2n) is 1.68. The lowest BCUT2D eigenvalue weighted by Gasteiger charge is -2.09. The highest BCUT2D eigenvalue weighted by molar-refractivity contribution is 7.79. The summed E-state index contributed by atoms with van der Waals surface area (Å²) in [7, 11) is 0. The Morgan fingerprint density at radius 2 is 2.11 bits per heavy atom. The molecule has 0 spiro atoms. The maximum Gasteiger partial charge on any atom is 0.261 e. The molecule has 0 rings (SSSR count). The SMILES string of the molecule is CCC(F)(F)CS(=O)O. The monoisotopic (exact) mass is 158 g/mol. The van der Waals surface area contributed by atoms with Gasteiger partial charge in [-0.05, 0) is 0 Å². The van der Waals surface area contributed by atoms with Gasteiger partial charge in [-0.2, -0.15) is 0 Å². The molecule has 0 aromatic rings. The number of hydrogen-bond acceptors (Lipinski definition) is 1. The molecule has 0 amide bonds. The molecule has 0 saturated carbocycles. The summed E-state index contributed by atoms with van der Waals surface area (Å²) in [6.07, 6.45) is -0.390. The van der Waals surface area contributed by atoms with Gasteiger partial charge in [0.2, 0.25) is 0 Å². The van der Waals surface area contributed by atoms with E-state index in [1.165, 1.54) is 6.92 Å². The predicted molar refractivity (Wildman–Crippen MR) is 30.9 cm³/mol. The van der Waals surface area contributed by atoms with E-state index in [0.29, 0.717) is 0 Å². The van der Waals surface area contributed by atoms with Gasteiger partial charge in [-0.1, -0.05) is 6.92 Å². The van der Waals surface area contributed by atoms with Gasteiger partial charge in [-0.15, -0.1) is 0 Å². The van der Waals surface area contributed by atoms with Crippen molar-refractivity contribution >= 4 is 11.1 Å². The Morgan fingerprint density at radius 3 is 2.22 bits per heavy atom. The van der Waals surface area contributed by atoms with Gasteiger partial charge < -0.3 is 4.55 Å². The molecule has 0 heterocycles. The third-order valence-electron chi connectivity index (χ3n) is 0.852. The van der Waals surface area contributed by atoms with Gasteiger partial charge in [0.25, 0.3) is 5.92 Å². The zero-order chi connectivity index (χ0) is 7.49. The molecule has 0 saturated heterocycles. The smallest absolute Gasteiger partial charge is 0.261 e. The molecule has 0 aromatic carbocycles. The van der Waals surface area contributed by atoms with Gasteiger partial charge in [-0.25, -0.2) is 13.0 Å². The van der Waals surface area contributed by atoms with Gasteiger partial charge in [0.1, 0.15) is 5.75 Å². The first kappa shape index (κ1) is 8.97. The molecular formula is C4H8F2O2S. The maximum atomic E-state index is 12.1. The third-order valence-corrected chi connectivity index (χ3v) is 1.52. The van der Waals surface area contributed by atoms with Gasteiger partial charge in [-0.3, -0.25) is 0 Å². The van der Waals surface area contributed by atoms with Gasteiger partial charge >= 0.3 is 0 Å². The van der Waals surface area contributed by atoms with Crippen molar-refractivity contribution < 1.29 is 17.5 Å². The molecule has 2 nitrogen and oxygen atoms in total. The summed E-state index contributed by atoms with van der Waals surface area (Å²) in [5.74, 6) is -3.94. The molecule has 56 valence electrons. The first-order chi connectivity index (χ1) is 3.98. The van der Waals surface area contributed by atoms with Crippen LogP contribution in [0, 0.1) is 0 Å². The number of rotatable bonds is 3. The molecule has 0 aromatic heterocycles. The van der Waals surface area contributed by atoms with Gasteiger partial charge in [0.05, 0.1) is 0 Å². The summed E-state index contributed by atoms with van der Waals surface area (Å²) in [5, 5.41) is 0. The summed E-state index contributed by atoms with van der Waals surface area (Å²) in [6.45, 7) is 1.27. The zero-order valence-corrected chi connectivity index (χ0v) is 5.75. The molecule has 0 aliphatic rings. The van der Waals surface area contributed by atoms with E-state index in [0.717, 1.165) is 0 Å². The van der Waals surface area contributed by atoms with Crippen LogP contribution in [0.1, 0.15) is 13.3 Å². The predicted octanol–water partition coefficient (Wildman–Crippen LogP) is 1.25. The minimum atomic E-state index is -2.99. The van der Waals surface area contributed by atoms with Crippen molar-refractivity contribution in [1.82, 2.24) is 0 Å². The van der Waals surface area contributed by atoms with Crippen molar-refractivity contribution in [1.29, 1.82) is 0 Å². The fourth-order valence-electron chi connectivity index (χ4n) is 0.283. The molecule has 0 aliphatic heterocycles. The molecule has 5 heteroatoms. The highest BCUT2D eigenvalue weighted by Crippen LogP contribution is 2.17. The van der Waals surface area contributed by atoms with E-state index < -0.39 is 22.8 Å². The van der Waals surface area contributed by atoms with E-state index >= 15 is 0 Å². The van der Waals surface area contributed by atoms with Gasteiger partial charge in [0.15, 0.2) is 11.1 Å². The summed E-state index contributed by atoms with van der Waals surface area (Å²) in [6, 6.07) is 0. The van der Waals surface area contributed by atoms with Crippen molar-refractivity contribution in [3.63, 3.8) is 0 Å². The van der Waals surface area contributed by atoms with Crippen LogP contribution in [0.5, 0.6) is 0 Å². The first-order valence-corrected chi connectivity index (χ1v) is 3.71. The van der Waals surface area contributed by atoms with E-state index in [1.807, 2.05) is 0 Å². The van der Waals surface area contributed by atoms with Crippen LogP contribution in [0.15, 0.2) is 0 Å². The van der Waals surface area contributed by atoms with Crippen LogP contribution in [-0.4, -0.2) is 20.4 Å². The molecular weight excluding hydrogens is 150 g/mol. The Hall–Kier alpha value is -0.0300. The Kier molecular flexibility index (Phi) is 3.21. The normalized spacial score (nSPS) is 15.6. The number of halogens is 2. The molecule has 1 N–H and O–H groups in total. The second kappa shape index (κ2) is 3.22. The van der Waals surface area contributed by atoms with Crippen molar-refractivity contribution in [3.8, 4) is 0 Å². The fourth-order valence-corrected chi connectivity index (χ4v) is 0.848. The quantitative estimate of drug-likeness (QED) is 0.628. The molecule has 1 unspecified atom stereocenters. The van der Waals surface area contributed by atoms with Crippen LogP contribution >= 0.6 is 0 Å². The lowest BCUT2D eigenvalue weighted by molar-refractivity contribution is 0.0216. The minimum absolute atomic E-state index is 0.390. The fraction of sp³-hybridized carbons (Fsp3) is 1.00. The Labute approximate surface area is 54.5 Å². The van der Waals surface area contributed by atoms with Crippen LogP contribution in [0.25, 0.3) is 0 Å². The van der Waals surface area contributed by atoms with Crippen LogP contribution in [0.3, 0.4) is 0 Å². The average molecular weight is 158 g/mol. The van der Waals surface area contributed by atoms with Crippen LogP contribution in [0.2, 0.25) is 0 Å². The number of alkyl halides is 2. The Morgan fingerprint density at radius 1 is 1.67 bits per heavy atom. The summed E-state index contributed by atoms with van der Waals surface area (Å²) < 4.78 is 41.9. The molecule has 9 heavy (non-hydrogen) atoms.